The van der Waals surface area contributed by atoms with Crippen LogP contribution in [0.1, 0.15) is 24.8 Å². The quantitative estimate of drug-likeness (QED) is 0.877. The molecule has 1 aliphatic carbocycles. The van der Waals surface area contributed by atoms with Crippen LogP contribution in [0.3, 0.4) is 0 Å². The average Bonchev–Trinajstić information content (AvgIpc) is 2.95. The van der Waals surface area contributed by atoms with Gasteiger partial charge in [-0.05, 0) is 37.3 Å². The summed E-state index contributed by atoms with van der Waals surface area (Å²) in [7, 11) is 0. The van der Waals surface area contributed by atoms with E-state index in [1.165, 1.54) is 5.56 Å². The molecule has 4 nitrogen and oxygen atoms in total. The lowest BCUT2D eigenvalue weighted by Crippen LogP contribution is -2.38. The molecule has 3 atom stereocenters. The Hall–Kier alpha value is -1.55. The molecule has 1 saturated carbocycles. The molecule has 2 fully saturated rings. The van der Waals surface area contributed by atoms with Crippen molar-refractivity contribution in [3.8, 4) is 0 Å². The van der Waals surface area contributed by atoms with E-state index in [9.17, 15) is 4.79 Å². The molecule has 2 N–H and O–H groups in total. The molecule has 1 amide bonds. The summed E-state index contributed by atoms with van der Waals surface area (Å²) in [6.45, 7) is 2.07. The van der Waals surface area contributed by atoms with E-state index < -0.39 is 6.09 Å². The van der Waals surface area contributed by atoms with Crippen molar-refractivity contribution in [2.75, 3.05) is 6.54 Å². The molecule has 2 aliphatic rings. The van der Waals surface area contributed by atoms with Crippen molar-refractivity contribution in [1.82, 2.24) is 10.2 Å². The average molecular weight is 260 g/mol. The summed E-state index contributed by atoms with van der Waals surface area (Å²) < 4.78 is 0. The maximum atomic E-state index is 10.8. The number of amides is 1. The van der Waals surface area contributed by atoms with Crippen molar-refractivity contribution >= 4 is 6.09 Å². The number of carbonyl (C=O) groups is 1. The van der Waals surface area contributed by atoms with Crippen LogP contribution in [0.2, 0.25) is 0 Å². The summed E-state index contributed by atoms with van der Waals surface area (Å²) in [4.78, 5) is 13.3. The van der Waals surface area contributed by atoms with Gasteiger partial charge in [0.15, 0.2) is 0 Å². The van der Waals surface area contributed by atoms with Crippen LogP contribution in [0.15, 0.2) is 30.3 Å². The Kier molecular flexibility index (Phi) is 3.42. The lowest BCUT2D eigenvalue weighted by Gasteiger charge is -2.24. The number of hydrogen-bond acceptors (Lipinski definition) is 2. The predicted molar refractivity (Wildman–Crippen MR) is 72.9 cm³/mol. The van der Waals surface area contributed by atoms with Gasteiger partial charge in [0.25, 0.3) is 0 Å². The van der Waals surface area contributed by atoms with Crippen molar-refractivity contribution < 1.29 is 9.90 Å². The van der Waals surface area contributed by atoms with Crippen LogP contribution in [-0.2, 0) is 6.54 Å². The van der Waals surface area contributed by atoms with E-state index in [0.29, 0.717) is 12.0 Å². The van der Waals surface area contributed by atoms with Gasteiger partial charge in [-0.15, -0.1) is 0 Å². The highest BCUT2D eigenvalue weighted by Crippen LogP contribution is 2.38. The molecular formula is C15H20N2O2. The summed E-state index contributed by atoms with van der Waals surface area (Å²) >= 11 is 0. The molecule has 0 radical (unpaired) electrons. The topological polar surface area (TPSA) is 52.6 Å². The third kappa shape index (κ3) is 2.59. The first-order chi connectivity index (χ1) is 9.24. The van der Waals surface area contributed by atoms with Crippen molar-refractivity contribution in [3.63, 3.8) is 0 Å². The molecule has 1 aliphatic heterocycles. The fourth-order valence-electron chi connectivity index (χ4n) is 3.73. The zero-order chi connectivity index (χ0) is 13.2. The molecule has 3 unspecified atom stereocenters. The standard InChI is InChI=1S/C15H20N2O2/c18-15(19)16-13-6-7-14-12(13)8-9-17(14)10-11-4-2-1-3-5-11/h1-5,12-14,16H,6-10H2,(H,18,19). The SMILES string of the molecule is O=C(O)NC1CCC2C1CCN2Cc1ccccc1. The van der Waals surface area contributed by atoms with Crippen LogP contribution >= 0.6 is 0 Å². The molecule has 1 heterocycles. The van der Waals surface area contributed by atoms with Crippen molar-refractivity contribution in [3.05, 3.63) is 35.9 Å². The van der Waals surface area contributed by atoms with Gasteiger partial charge in [-0.1, -0.05) is 30.3 Å². The van der Waals surface area contributed by atoms with Gasteiger partial charge in [0.2, 0.25) is 0 Å². The summed E-state index contributed by atoms with van der Waals surface area (Å²) in [6, 6.07) is 11.2. The Morgan fingerprint density at radius 3 is 2.79 bits per heavy atom. The van der Waals surface area contributed by atoms with E-state index in [0.717, 1.165) is 32.4 Å². The summed E-state index contributed by atoms with van der Waals surface area (Å²) in [5, 5.41) is 11.6. The number of likely N-dealkylation sites (tertiary alicyclic amines) is 1. The number of nitrogens with one attached hydrogen (secondary N) is 1. The van der Waals surface area contributed by atoms with Crippen LogP contribution in [0.4, 0.5) is 4.79 Å². The third-order valence-electron chi connectivity index (χ3n) is 4.54. The minimum absolute atomic E-state index is 0.156. The number of rotatable bonds is 3. The van der Waals surface area contributed by atoms with Gasteiger partial charge in [0, 0.05) is 18.6 Å². The molecule has 1 saturated heterocycles. The molecule has 4 heteroatoms. The predicted octanol–water partition coefficient (Wildman–Crippen LogP) is 2.31. The van der Waals surface area contributed by atoms with Crippen LogP contribution < -0.4 is 5.32 Å². The highest BCUT2D eigenvalue weighted by atomic mass is 16.4. The number of carboxylic acid groups (broad SMARTS) is 1. The molecule has 0 aromatic heterocycles. The van der Waals surface area contributed by atoms with Crippen LogP contribution in [0.5, 0.6) is 0 Å². The molecule has 1 aromatic rings. The number of nitrogens with zero attached hydrogens (tertiary/aromatic N) is 1. The largest absolute Gasteiger partial charge is 0.465 e. The van der Waals surface area contributed by atoms with Gasteiger partial charge in [-0.25, -0.2) is 4.79 Å². The Balaban J connectivity index is 1.63. The second-order valence-corrected chi connectivity index (χ2v) is 5.61. The van der Waals surface area contributed by atoms with E-state index in [-0.39, 0.29) is 6.04 Å². The maximum absolute atomic E-state index is 10.8. The molecule has 102 valence electrons. The van der Waals surface area contributed by atoms with Crippen molar-refractivity contribution in [2.24, 2.45) is 5.92 Å². The lowest BCUT2D eigenvalue weighted by molar-refractivity contribution is 0.184. The van der Waals surface area contributed by atoms with Gasteiger partial charge in [-0.2, -0.15) is 0 Å². The Morgan fingerprint density at radius 2 is 2.05 bits per heavy atom. The molecule has 0 spiro atoms. The highest BCUT2D eigenvalue weighted by molar-refractivity contribution is 5.65. The van der Waals surface area contributed by atoms with E-state index in [4.69, 9.17) is 5.11 Å². The first-order valence-corrected chi connectivity index (χ1v) is 7.01. The van der Waals surface area contributed by atoms with Crippen molar-refractivity contribution in [2.45, 2.75) is 37.9 Å². The van der Waals surface area contributed by atoms with Crippen LogP contribution in [-0.4, -0.2) is 34.7 Å². The van der Waals surface area contributed by atoms with Gasteiger partial charge in [0.05, 0.1) is 0 Å². The zero-order valence-corrected chi connectivity index (χ0v) is 11.0. The third-order valence-corrected chi connectivity index (χ3v) is 4.54. The van der Waals surface area contributed by atoms with E-state index in [1.54, 1.807) is 0 Å². The van der Waals surface area contributed by atoms with Gasteiger partial charge in [-0.3, -0.25) is 4.90 Å². The van der Waals surface area contributed by atoms with Crippen LogP contribution in [0.25, 0.3) is 0 Å². The number of benzene rings is 1. The Bertz CT molecular complexity index is 449. The van der Waals surface area contributed by atoms with Gasteiger partial charge < -0.3 is 10.4 Å². The summed E-state index contributed by atoms with van der Waals surface area (Å²) in [5.41, 5.74) is 1.35. The molecule has 0 bridgehead atoms. The minimum atomic E-state index is -0.882. The van der Waals surface area contributed by atoms with E-state index >= 15 is 0 Å². The van der Waals surface area contributed by atoms with E-state index in [2.05, 4.69) is 34.5 Å². The second-order valence-electron chi connectivity index (χ2n) is 5.61. The smallest absolute Gasteiger partial charge is 0.404 e. The fraction of sp³-hybridized carbons (Fsp3) is 0.533. The van der Waals surface area contributed by atoms with Crippen molar-refractivity contribution in [1.29, 1.82) is 0 Å². The molecule has 3 rings (SSSR count). The lowest BCUT2D eigenvalue weighted by atomic mass is 10.00. The molecule has 1 aromatic carbocycles. The number of hydrogen-bond donors (Lipinski definition) is 2. The monoisotopic (exact) mass is 260 g/mol. The van der Waals surface area contributed by atoms with Crippen LogP contribution in [0, 0.1) is 5.92 Å². The van der Waals surface area contributed by atoms with Gasteiger partial charge >= 0.3 is 6.09 Å². The summed E-state index contributed by atoms with van der Waals surface area (Å²) in [5.74, 6) is 0.500. The first-order valence-electron chi connectivity index (χ1n) is 7.01. The Labute approximate surface area is 113 Å². The van der Waals surface area contributed by atoms with Gasteiger partial charge in [0.1, 0.15) is 0 Å². The molecule has 19 heavy (non-hydrogen) atoms. The molecular weight excluding hydrogens is 240 g/mol. The second kappa shape index (κ2) is 5.21. The summed E-state index contributed by atoms with van der Waals surface area (Å²) in [6.07, 6.45) is 2.32. The van der Waals surface area contributed by atoms with E-state index in [1.807, 2.05) is 6.07 Å². The first kappa shape index (κ1) is 12.5. The highest BCUT2D eigenvalue weighted by Gasteiger charge is 2.43. The Morgan fingerprint density at radius 1 is 1.26 bits per heavy atom. The normalized spacial score (nSPS) is 30.2. The fourth-order valence-corrected chi connectivity index (χ4v) is 3.73. The maximum Gasteiger partial charge on any atom is 0.404 e. The zero-order valence-electron chi connectivity index (χ0n) is 11.0. The minimum Gasteiger partial charge on any atom is -0.465 e. The number of fused-ring (bicyclic) bond motifs is 1.